The van der Waals surface area contributed by atoms with Crippen molar-refractivity contribution in [3.05, 3.63) is 35.5 Å². The summed E-state index contributed by atoms with van der Waals surface area (Å²) in [6, 6.07) is 6.00. The predicted molar refractivity (Wildman–Crippen MR) is 128 cm³/mol. The Hall–Kier alpha value is -3.60. The fourth-order valence-electron chi connectivity index (χ4n) is 3.09. The van der Waals surface area contributed by atoms with Crippen LogP contribution in [-0.4, -0.2) is 72.1 Å². The standard InChI is InChI=1S/C24H33N3O8/c1-23(2,3)34-21(31)27(22(32)35-24(4,5)6)16-10-8-15(9-11-16)25-18-17(20(30)33-7)14-26(12-13-28)19(18)29/h8-11,25,28H,12-14H2,1-7H3. The van der Waals surface area contributed by atoms with Gasteiger partial charge in [-0.1, -0.05) is 0 Å². The SMILES string of the molecule is COC(=O)C1=C(Nc2ccc(N(C(=O)OC(C)(C)C)C(=O)OC(C)(C)C)cc2)C(=O)N(CCO)C1. The molecular formula is C24H33N3O8. The van der Waals surface area contributed by atoms with Gasteiger partial charge in [-0.25, -0.2) is 14.4 Å². The van der Waals surface area contributed by atoms with Crippen molar-refractivity contribution in [3.63, 3.8) is 0 Å². The molecule has 0 aromatic heterocycles. The van der Waals surface area contributed by atoms with Gasteiger partial charge in [-0.15, -0.1) is 0 Å². The summed E-state index contributed by atoms with van der Waals surface area (Å²) in [5.74, 6) is -1.13. The second kappa shape index (κ2) is 10.8. The number of carbonyl (C=O) groups is 4. The van der Waals surface area contributed by atoms with Gasteiger partial charge in [0.05, 0.1) is 31.5 Å². The Labute approximate surface area is 204 Å². The van der Waals surface area contributed by atoms with Crippen LogP contribution in [0.3, 0.4) is 0 Å². The number of rotatable bonds is 6. The monoisotopic (exact) mass is 491 g/mol. The summed E-state index contributed by atoms with van der Waals surface area (Å²) in [4.78, 5) is 52.6. The van der Waals surface area contributed by atoms with E-state index in [-0.39, 0.29) is 36.7 Å². The molecule has 3 amide bonds. The van der Waals surface area contributed by atoms with Crippen molar-refractivity contribution in [1.82, 2.24) is 4.90 Å². The van der Waals surface area contributed by atoms with Crippen LogP contribution < -0.4 is 10.2 Å². The molecule has 1 aliphatic rings. The number of nitrogens with zero attached hydrogens (tertiary/aromatic N) is 2. The number of hydrogen-bond acceptors (Lipinski definition) is 9. The van der Waals surface area contributed by atoms with E-state index in [1.54, 1.807) is 41.5 Å². The molecule has 35 heavy (non-hydrogen) atoms. The molecule has 2 N–H and O–H groups in total. The number of anilines is 2. The number of amides is 3. The number of nitrogens with one attached hydrogen (secondary N) is 1. The number of carbonyl (C=O) groups excluding carboxylic acids is 4. The molecule has 1 aromatic rings. The minimum Gasteiger partial charge on any atom is -0.466 e. The Morgan fingerprint density at radius 2 is 1.51 bits per heavy atom. The van der Waals surface area contributed by atoms with Crippen LogP contribution in [0.2, 0.25) is 0 Å². The molecule has 0 spiro atoms. The predicted octanol–water partition coefficient (Wildman–Crippen LogP) is 3.04. The van der Waals surface area contributed by atoms with Crippen LogP contribution in [0.1, 0.15) is 41.5 Å². The van der Waals surface area contributed by atoms with Gasteiger partial charge in [-0.3, -0.25) is 4.79 Å². The minimum absolute atomic E-state index is 0.00243. The highest BCUT2D eigenvalue weighted by Crippen LogP contribution is 2.26. The van der Waals surface area contributed by atoms with Crippen LogP contribution in [0.5, 0.6) is 0 Å². The maximum absolute atomic E-state index is 12.8. The van der Waals surface area contributed by atoms with Crippen molar-refractivity contribution in [2.45, 2.75) is 52.7 Å². The lowest BCUT2D eigenvalue weighted by molar-refractivity contribution is -0.136. The zero-order valence-electron chi connectivity index (χ0n) is 21.1. The number of ether oxygens (including phenoxy) is 3. The van der Waals surface area contributed by atoms with Crippen molar-refractivity contribution in [2.24, 2.45) is 0 Å². The van der Waals surface area contributed by atoms with E-state index in [4.69, 9.17) is 14.2 Å². The van der Waals surface area contributed by atoms with Gasteiger partial charge in [0.15, 0.2) is 0 Å². The highest BCUT2D eigenvalue weighted by molar-refractivity contribution is 6.10. The Morgan fingerprint density at radius 1 is 1.00 bits per heavy atom. The van der Waals surface area contributed by atoms with E-state index in [2.05, 4.69) is 5.32 Å². The number of hydrogen-bond donors (Lipinski definition) is 2. The van der Waals surface area contributed by atoms with E-state index in [0.29, 0.717) is 5.69 Å². The van der Waals surface area contributed by atoms with Crippen molar-refractivity contribution >= 4 is 35.4 Å². The number of imide groups is 1. The Balaban J connectivity index is 2.35. The third kappa shape index (κ3) is 7.44. The third-order valence-electron chi connectivity index (χ3n) is 4.50. The number of benzene rings is 1. The van der Waals surface area contributed by atoms with Crippen LogP contribution in [0.25, 0.3) is 0 Å². The molecule has 0 radical (unpaired) electrons. The average molecular weight is 492 g/mol. The maximum Gasteiger partial charge on any atom is 0.424 e. The first kappa shape index (κ1) is 27.6. The second-order valence-corrected chi connectivity index (χ2v) is 9.76. The summed E-state index contributed by atoms with van der Waals surface area (Å²) in [6.07, 6.45) is -1.82. The van der Waals surface area contributed by atoms with E-state index < -0.39 is 35.3 Å². The van der Waals surface area contributed by atoms with E-state index in [1.165, 1.54) is 36.3 Å². The molecule has 0 aliphatic carbocycles. The third-order valence-corrected chi connectivity index (χ3v) is 4.50. The van der Waals surface area contributed by atoms with Crippen molar-refractivity contribution in [3.8, 4) is 0 Å². The molecule has 0 bridgehead atoms. The smallest absolute Gasteiger partial charge is 0.424 e. The molecule has 0 saturated heterocycles. The first-order valence-corrected chi connectivity index (χ1v) is 11.0. The zero-order chi connectivity index (χ0) is 26.6. The lowest BCUT2D eigenvalue weighted by atomic mass is 10.2. The number of methoxy groups -OCH3 is 1. The van der Waals surface area contributed by atoms with E-state index in [9.17, 15) is 24.3 Å². The summed E-state index contributed by atoms with van der Waals surface area (Å²) in [7, 11) is 1.21. The quantitative estimate of drug-likeness (QED) is 0.455. The van der Waals surface area contributed by atoms with Crippen LogP contribution in [0.15, 0.2) is 35.5 Å². The van der Waals surface area contributed by atoms with E-state index in [0.717, 1.165) is 4.90 Å². The van der Waals surface area contributed by atoms with Gasteiger partial charge < -0.3 is 29.5 Å². The summed E-state index contributed by atoms with van der Waals surface area (Å²) in [6.45, 7) is 9.86. The Bertz CT molecular complexity index is 975. The van der Waals surface area contributed by atoms with Crippen molar-refractivity contribution in [2.75, 3.05) is 37.0 Å². The molecule has 0 unspecified atom stereocenters. The second-order valence-electron chi connectivity index (χ2n) is 9.76. The minimum atomic E-state index is -0.909. The molecule has 0 atom stereocenters. The van der Waals surface area contributed by atoms with Gasteiger partial charge in [0.25, 0.3) is 5.91 Å². The molecule has 11 nitrogen and oxygen atoms in total. The molecular weight excluding hydrogens is 458 g/mol. The van der Waals surface area contributed by atoms with Gasteiger partial charge >= 0.3 is 18.2 Å². The maximum atomic E-state index is 12.8. The molecule has 192 valence electrons. The Morgan fingerprint density at radius 3 is 1.94 bits per heavy atom. The topological polar surface area (TPSA) is 135 Å². The summed E-state index contributed by atoms with van der Waals surface area (Å²) in [5, 5.41) is 12.1. The number of aliphatic hydroxyl groups excluding tert-OH is 1. The summed E-state index contributed by atoms with van der Waals surface area (Å²) < 4.78 is 15.5. The zero-order valence-corrected chi connectivity index (χ0v) is 21.1. The fourth-order valence-corrected chi connectivity index (χ4v) is 3.09. The molecule has 1 heterocycles. The van der Waals surface area contributed by atoms with Gasteiger partial charge in [0.2, 0.25) is 0 Å². The van der Waals surface area contributed by atoms with Crippen LogP contribution in [0, 0.1) is 0 Å². The molecule has 1 aromatic carbocycles. The fraction of sp³-hybridized carbons (Fsp3) is 0.500. The van der Waals surface area contributed by atoms with Gasteiger partial charge in [0, 0.05) is 12.2 Å². The number of aliphatic hydroxyl groups is 1. The van der Waals surface area contributed by atoms with Gasteiger partial charge in [0.1, 0.15) is 16.9 Å². The van der Waals surface area contributed by atoms with E-state index in [1.807, 2.05) is 0 Å². The van der Waals surface area contributed by atoms with Gasteiger partial charge in [-0.05, 0) is 65.8 Å². The largest absolute Gasteiger partial charge is 0.466 e. The van der Waals surface area contributed by atoms with Crippen molar-refractivity contribution in [1.29, 1.82) is 0 Å². The first-order valence-electron chi connectivity index (χ1n) is 11.0. The van der Waals surface area contributed by atoms with Crippen LogP contribution in [-0.2, 0) is 23.8 Å². The highest BCUT2D eigenvalue weighted by Gasteiger charge is 2.35. The molecule has 11 heteroatoms. The molecule has 0 fully saturated rings. The summed E-state index contributed by atoms with van der Waals surface area (Å²) in [5.41, 5.74) is -0.954. The molecule has 0 saturated carbocycles. The van der Waals surface area contributed by atoms with Crippen LogP contribution >= 0.6 is 0 Å². The first-order chi connectivity index (χ1) is 16.2. The number of esters is 1. The summed E-state index contributed by atoms with van der Waals surface area (Å²) >= 11 is 0. The Kier molecular flexibility index (Phi) is 8.50. The highest BCUT2D eigenvalue weighted by atomic mass is 16.6. The number of β-amino-alcohol motifs (C(OH)–C–C–N with tert-alkyl or cyclic N) is 1. The van der Waals surface area contributed by atoms with Crippen molar-refractivity contribution < 1.29 is 38.5 Å². The average Bonchev–Trinajstić information content (AvgIpc) is 3.02. The lowest BCUT2D eigenvalue weighted by Crippen LogP contribution is -2.43. The molecule has 2 rings (SSSR count). The van der Waals surface area contributed by atoms with Gasteiger partial charge in [-0.2, -0.15) is 4.90 Å². The van der Waals surface area contributed by atoms with Crippen LogP contribution in [0.4, 0.5) is 21.0 Å². The lowest BCUT2D eigenvalue weighted by Gasteiger charge is -2.28. The van der Waals surface area contributed by atoms with E-state index >= 15 is 0 Å². The molecule has 1 aliphatic heterocycles. The normalized spacial score (nSPS) is 14.1.